The quantitative estimate of drug-likeness (QED) is 0.605. The maximum absolute atomic E-state index is 10.6. The summed E-state index contributed by atoms with van der Waals surface area (Å²) in [7, 11) is 0. The average molecular weight is 218 g/mol. The highest BCUT2D eigenvalue weighted by molar-refractivity contribution is 5.56. The van der Waals surface area contributed by atoms with Gasteiger partial charge < -0.3 is 10.2 Å². The summed E-state index contributed by atoms with van der Waals surface area (Å²) in [4.78, 5) is 10.2. The Morgan fingerprint density at radius 1 is 1.56 bits per heavy atom. The van der Waals surface area contributed by atoms with Crippen LogP contribution in [0.2, 0.25) is 0 Å². The Kier molecular flexibility index (Phi) is 2.70. The Balaban J connectivity index is 2.33. The first-order valence-corrected chi connectivity index (χ1v) is 4.72. The number of furan rings is 1. The van der Waals surface area contributed by atoms with Gasteiger partial charge in [0.1, 0.15) is 5.76 Å². The van der Waals surface area contributed by atoms with Crippen LogP contribution in [0.5, 0.6) is 0 Å². The molecule has 5 heteroatoms. The van der Waals surface area contributed by atoms with E-state index in [9.17, 15) is 10.1 Å². The lowest BCUT2D eigenvalue weighted by Gasteiger charge is -2.11. The SMILES string of the molecule is NC1C=CC([N+](=O)[O-])=CC1=Cc1ccco1. The summed E-state index contributed by atoms with van der Waals surface area (Å²) in [6.07, 6.45) is 7.68. The maximum Gasteiger partial charge on any atom is 0.269 e. The zero-order chi connectivity index (χ0) is 11.5. The molecule has 1 aromatic heterocycles. The van der Waals surface area contributed by atoms with Gasteiger partial charge in [0, 0.05) is 18.2 Å². The van der Waals surface area contributed by atoms with Crippen LogP contribution in [0.15, 0.2) is 52.3 Å². The van der Waals surface area contributed by atoms with Crippen LogP contribution in [0.3, 0.4) is 0 Å². The molecule has 1 unspecified atom stereocenters. The molecule has 0 amide bonds. The highest BCUT2D eigenvalue weighted by Crippen LogP contribution is 2.18. The van der Waals surface area contributed by atoms with E-state index in [1.165, 1.54) is 18.4 Å². The van der Waals surface area contributed by atoms with Crippen molar-refractivity contribution < 1.29 is 9.34 Å². The van der Waals surface area contributed by atoms with Crippen LogP contribution in [-0.4, -0.2) is 11.0 Å². The lowest BCUT2D eigenvalue weighted by Crippen LogP contribution is -2.22. The standard InChI is InChI=1S/C11H10N2O3/c12-11-4-3-9(13(14)15)6-8(11)7-10-2-1-5-16-10/h1-7,11H,12H2. The summed E-state index contributed by atoms with van der Waals surface area (Å²) < 4.78 is 5.13. The van der Waals surface area contributed by atoms with Gasteiger partial charge in [-0.15, -0.1) is 0 Å². The van der Waals surface area contributed by atoms with Gasteiger partial charge in [-0.1, -0.05) is 6.08 Å². The molecule has 0 spiro atoms. The van der Waals surface area contributed by atoms with Gasteiger partial charge in [-0.05, 0) is 23.8 Å². The van der Waals surface area contributed by atoms with Crippen molar-refractivity contribution in [1.29, 1.82) is 0 Å². The van der Waals surface area contributed by atoms with Crippen molar-refractivity contribution in [3.05, 3.63) is 63.8 Å². The minimum Gasteiger partial charge on any atom is -0.465 e. The highest BCUT2D eigenvalue weighted by Gasteiger charge is 2.16. The molecule has 5 nitrogen and oxygen atoms in total. The van der Waals surface area contributed by atoms with Crippen LogP contribution in [0.1, 0.15) is 5.76 Å². The fourth-order valence-corrected chi connectivity index (χ4v) is 1.42. The number of rotatable bonds is 2. The van der Waals surface area contributed by atoms with E-state index in [1.807, 2.05) is 0 Å². The van der Waals surface area contributed by atoms with E-state index in [1.54, 1.807) is 24.3 Å². The third kappa shape index (κ3) is 2.09. The van der Waals surface area contributed by atoms with E-state index < -0.39 is 4.92 Å². The monoisotopic (exact) mass is 218 g/mol. The van der Waals surface area contributed by atoms with Gasteiger partial charge in [0.05, 0.1) is 11.2 Å². The van der Waals surface area contributed by atoms with Gasteiger partial charge in [-0.25, -0.2) is 0 Å². The van der Waals surface area contributed by atoms with E-state index >= 15 is 0 Å². The van der Waals surface area contributed by atoms with Crippen LogP contribution in [0, 0.1) is 10.1 Å². The molecular weight excluding hydrogens is 208 g/mol. The Bertz CT molecular complexity index is 483. The van der Waals surface area contributed by atoms with Crippen LogP contribution in [0.25, 0.3) is 6.08 Å². The number of allylic oxidation sites excluding steroid dienone is 1. The third-order valence-corrected chi connectivity index (χ3v) is 2.24. The molecule has 1 aliphatic carbocycles. The minimum absolute atomic E-state index is 0.0273. The second-order valence-electron chi connectivity index (χ2n) is 3.37. The molecule has 0 radical (unpaired) electrons. The topological polar surface area (TPSA) is 82.3 Å². The zero-order valence-corrected chi connectivity index (χ0v) is 8.37. The third-order valence-electron chi connectivity index (χ3n) is 2.24. The largest absolute Gasteiger partial charge is 0.465 e. The maximum atomic E-state index is 10.6. The summed E-state index contributed by atoms with van der Waals surface area (Å²) >= 11 is 0. The molecule has 0 bridgehead atoms. The number of nitro groups is 1. The van der Waals surface area contributed by atoms with Gasteiger partial charge in [0.2, 0.25) is 0 Å². The molecular formula is C11H10N2O3. The molecule has 2 rings (SSSR count). The molecule has 1 aliphatic rings. The van der Waals surface area contributed by atoms with Gasteiger partial charge >= 0.3 is 0 Å². The van der Waals surface area contributed by atoms with Crippen LogP contribution >= 0.6 is 0 Å². The molecule has 0 fully saturated rings. The molecule has 1 heterocycles. The van der Waals surface area contributed by atoms with Crippen LogP contribution in [0.4, 0.5) is 0 Å². The van der Waals surface area contributed by atoms with Crippen LogP contribution in [-0.2, 0) is 0 Å². The first-order valence-electron chi connectivity index (χ1n) is 4.72. The van der Waals surface area contributed by atoms with Crippen molar-refractivity contribution >= 4 is 6.08 Å². The Hall–Kier alpha value is -2.14. The van der Waals surface area contributed by atoms with Gasteiger partial charge in [0.25, 0.3) is 5.70 Å². The molecule has 0 aliphatic heterocycles. The lowest BCUT2D eigenvalue weighted by atomic mass is 10.0. The predicted octanol–water partition coefficient (Wildman–Crippen LogP) is 1.72. The van der Waals surface area contributed by atoms with E-state index in [-0.39, 0.29) is 11.7 Å². The molecule has 1 atom stereocenters. The summed E-state index contributed by atoms with van der Waals surface area (Å²) in [5.74, 6) is 0.625. The fourth-order valence-electron chi connectivity index (χ4n) is 1.42. The van der Waals surface area contributed by atoms with Crippen molar-refractivity contribution in [1.82, 2.24) is 0 Å². The van der Waals surface area contributed by atoms with Crippen molar-refractivity contribution in [2.45, 2.75) is 6.04 Å². The van der Waals surface area contributed by atoms with Crippen molar-refractivity contribution in [2.24, 2.45) is 5.73 Å². The van der Waals surface area contributed by atoms with E-state index in [2.05, 4.69) is 0 Å². The summed E-state index contributed by atoms with van der Waals surface area (Å²) in [6.45, 7) is 0. The Labute approximate surface area is 91.7 Å². The Morgan fingerprint density at radius 2 is 2.38 bits per heavy atom. The normalized spacial score (nSPS) is 22.2. The predicted molar refractivity (Wildman–Crippen MR) is 58.9 cm³/mol. The van der Waals surface area contributed by atoms with Crippen molar-refractivity contribution in [3.8, 4) is 0 Å². The zero-order valence-electron chi connectivity index (χ0n) is 8.37. The molecule has 0 saturated heterocycles. The number of nitrogens with two attached hydrogens (primary N) is 1. The Morgan fingerprint density at radius 3 is 3.00 bits per heavy atom. The summed E-state index contributed by atoms with van der Waals surface area (Å²) in [5.41, 5.74) is 6.48. The first kappa shape index (κ1) is 10.4. The number of nitrogens with zero attached hydrogens (tertiary/aromatic N) is 1. The lowest BCUT2D eigenvalue weighted by molar-refractivity contribution is -0.419. The second-order valence-corrected chi connectivity index (χ2v) is 3.37. The first-order chi connectivity index (χ1) is 7.66. The smallest absolute Gasteiger partial charge is 0.269 e. The molecule has 16 heavy (non-hydrogen) atoms. The fraction of sp³-hybridized carbons (Fsp3) is 0.0909. The van der Waals surface area contributed by atoms with Gasteiger partial charge in [-0.2, -0.15) is 0 Å². The second kappa shape index (κ2) is 4.16. The molecule has 82 valence electrons. The minimum atomic E-state index is -0.446. The van der Waals surface area contributed by atoms with Crippen LogP contribution < -0.4 is 5.73 Å². The summed E-state index contributed by atoms with van der Waals surface area (Å²) in [5, 5.41) is 10.6. The van der Waals surface area contributed by atoms with E-state index in [0.717, 1.165) is 0 Å². The molecule has 0 aromatic carbocycles. The molecule has 0 saturated carbocycles. The number of hydrogen-bond donors (Lipinski definition) is 1. The van der Waals surface area contributed by atoms with E-state index in [0.29, 0.717) is 11.3 Å². The number of hydrogen-bond acceptors (Lipinski definition) is 4. The average Bonchev–Trinajstić information content (AvgIpc) is 2.73. The van der Waals surface area contributed by atoms with Gasteiger partial charge in [0.15, 0.2) is 0 Å². The summed E-state index contributed by atoms with van der Waals surface area (Å²) in [6, 6.07) is 3.17. The molecule has 2 N–H and O–H groups in total. The van der Waals surface area contributed by atoms with E-state index in [4.69, 9.17) is 10.2 Å². The van der Waals surface area contributed by atoms with Gasteiger partial charge in [-0.3, -0.25) is 10.1 Å². The highest BCUT2D eigenvalue weighted by atomic mass is 16.6. The van der Waals surface area contributed by atoms with Crippen molar-refractivity contribution in [3.63, 3.8) is 0 Å². The van der Waals surface area contributed by atoms with Crippen molar-refractivity contribution in [2.75, 3.05) is 0 Å². The molecule has 1 aromatic rings.